The molecule has 0 bridgehead atoms. The van der Waals surface area contributed by atoms with Gasteiger partial charge in [0.1, 0.15) is 22.9 Å². The van der Waals surface area contributed by atoms with E-state index in [1.54, 1.807) is 18.5 Å². The second-order valence-corrected chi connectivity index (χ2v) is 12.9. The number of aromatic nitrogens is 3. The number of rotatable bonds is 8. The molecule has 0 radical (unpaired) electrons. The number of hydrogen-bond acceptors (Lipinski definition) is 9. The largest absolute Gasteiger partial charge is 0.492 e. The highest BCUT2D eigenvalue weighted by Gasteiger charge is 2.27. The Kier molecular flexibility index (Phi) is 9.78. The van der Waals surface area contributed by atoms with Crippen LogP contribution < -0.4 is 20.3 Å². The Morgan fingerprint density at radius 2 is 1.78 bits per heavy atom. The van der Waals surface area contributed by atoms with E-state index >= 15 is 4.39 Å². The molecule has 260 valence electrons. The van der Waals surface area contributed by atoms with Crippen LogP contribution in [0, 0.1) is 11.6 Å². The quantitative estimate of drug-likeness (QED) is 0.178. The van der Waals surface area contributed by atoms with Crippen LogP contribution in [0.25, 0.3) is 26.5 Å². The first-order valence-electron chi connectivity index (χ1n) is 16.0. The molecule has 0 atom stereocenters. The smallest absolute Gasteiger partial charge is 0.271 e. The Morgan fingerprint density at radius 3 is 2.55 bits per heavy atom. The predicted octanol–water partition coefficient (Wildman–Crippen LogP) is 7.02. The fourth-order valence-electron chi connectivity index (χ4n) is 6.03. The molecule has 0 spiro atoms. The average molecular weight is 730 g/mol. The van der Waals surface area contributed by atoms with Gasteiger partial charge >= 0.3 is 0 Å². The number of thiophene rings is 1. The summed E-state index contributed by atoms with van der Waals surface area (Å²) >= 11 is 1.45. The van der Waals surface area contributed by atoms with Gasteiger partial charge < -0.3 is 19.5 Å². The standard InChI is InChI=1S/C37H29F2N5O5S.ClH/c38-24-2-5-26(6-3-24)44-21-23-10-14-48-34(23)33(37(44)46)36(45)42-25-4-8-30(27(39)17-25)49-31-9-11-40-29-18-32(50-35(29)31)28-7-1-22(19-41-28)20-43-12-15-47-16-13-43;/h1-9,11,17-19,21H,10,12-16,20H2,(H,42,45);1H. The SMILES string of the molecule is Cl.O=C(Nc1ccc(Oc2ccnc3cc(-c4ccc(CN5CCOCC5)cn4)sc23)c(F)c1)c1c2c(cn(-c3ccc(F)cc3)c1=O)CCO2. The third-order valence-corrected chi connectivity index (χ3v) is 9.72. The van der Waals surface area contributed by atoms with E-state index in [2.05, 4.69) is 26.3 Å². The van der Waals surface area contributed by atoms with Crippen LogP contribution in [0.4, 0.5) is 14.5 Å². The highest BCUT2D eigenvalue weighted by Crippen LogP contribution is 2.39. The lowest BCUT2D eigenvalue weighted by Gasteiger charge is -2.26. The van der Waals surface area contributed by atoms with Crippen molar-refractivity contribution in [1.82, 2.24) is 19.4 Å². The van der Waals surface area contributed by atoms with Gasteiger partial charge in [0.2, 0.25) is 0 Å². The molecule has 4 aromatic heterocycles. The van der Waals surface area contributed by atoms with E-state index in [0.717, 1.165) is 59.7 Å². The molecule has 2 aromatic carbocycles. The molecular weight excluding hydrogens is 700 g/mol. The van der Waals surface area contributed by atoms with E-state index in [9.17, 15) is 14.0 Å². The summed E-state index contributed by atoms with van der Waals surface area (Å²) < 4.78 is 48.1. The first kappa shape index (κ1) is 34.2. The first-order valence-corrected chi connectivity index (χ1v) is 16.8. The number of amides is 1. The van der Waals surface area contributed by atoms with E-state index in [4.69, 9.17) is 14.2 Å². The van der Waals surface area contributed by atoms with Crippen molar-refractivity contribution in [2.45, 2.75) is 13.0 Å². The van der Waals surface area contributed by atoms with Crippen LogP contribution in [0.3, 0.4) is 0 Å². The van der Waals surface area contributed by atoms with Gasteiger partial charge in [-0.3, -0.25) is 29.0 Å². The summed E-state index contributed by atoms with van der Waals surface area (Å²) in [6.07, 6.45) is 5.56. The molecule has 51 heavy (non-hydrogen) atoms. The van der Waals surface area contributed by atoms with Crippen molar-refractivity contribution in [3.63, 3.8) is 0 Å². The van der Waals surface area contributed by atoms with Gasteiger partial charge in [-0.15, -0.1) is 23.7 Å². The normalized spacial score (nSPS) is 14.1. The summed E-state index contributed by atoms with van der Waals surface area (Å²) in [5.41, 5.74) is 2.91. The zero-order valence-electron chi connectivity index (χ0n) is 26.9. The molecule has 1 fully saturated rings. The van der Waals surface area contributed by atoms with Gasteiger partial charge in [-0.05, 0) is 54.1 Å². The Morgan fingerprint density at radius 1 is 0.961 bits per heavy atom. The van der Waals surface area contributed by atoms with E-state index in [-0.39, 0.29) is 35.2 Å². The lowest BCUT2D eigenvalue weighted by atomic mass is 10.1. The maximum Gasteiger partial charge on any atom is 0.271 e. The minimum absolute atomic E-state index is 0. The lowest BCUT2D eigenvalue weighted by Crippen LogP contribution is -2.35. The van der Waals surface area contributed by atoms with Crippen molar-refractivity contribution >= 4 is 45.6 Å². The molecule has 1 N–H and O–H groups in total. The summed E-state index contributed by atoms with van der Waals surface area (Å²) in [5, 5.41) is 2.62. The summed E-state index contributed by atoms with van der Waals surface area (Å²) in [4.78, 5) is 39.3. The fraction of sp³-hybridized carbons (Fsp3) is 0.189. The minimum atomic E-state index is -0.762. The third kappa shape index (κ3) is 7.06. The van der Waals surface area contributed by atoms with Crippen LogP contribution in [0.1, 0.15) is 21.5 Å². The first-order chi connectivity index (χ1) is 24.4. The molecular formula is C37H30ClF2N5O5S. The number of anilines is 1. The van der Waals surface area contributed by atoms with Gasteiger partial charge in [0.05, 0.1) is 40.6 Å². The molecule has 0 unspecified atom stereocenters. The summed E-state index contributed by atoms with van der Waals surface area (Å²) in [6, 6.07) is 17.0. The fourth-order valence-corrected chi connectivity index (χ4v) is 7.07. The van der Waals surface area contributed by atoms with Crippen LogP contribution >= 0.6 is 23.7 Å². The molecule has 1 amide bonds. The molecule has 0 saturated carbocycles. The summed E-state index contributed by atoms with van der Waals surface area (Å²) in [7, 11) is 0. The number of ether oxygens (including phenoxy) is 3. The lowest BCUT2D eigenvalue weighted by molar-refractivity contribution is 0.0341. The second-order valence-electron chi connectivity index (χ2n) is 11.9. The Labute approximate surface area is 300 Å². The minimum Gasteiger partial charge on any atom is -0.492 e. The molecule has 1 saturated heterocycles. The van der Waals surface area contributed by atoms with E-state index in [1.807, 2.05) is 18.3 Å². The van der Waals surface area contributed by atoms with Crippen molar-refractivity contribution in [3.8, 4) is 33.5 Å². The van der Waals surface area contributed by atoms with E-state index in [1.165, 1.54) is 52.3 Å². The summed E-state index contributed by atoms with van der Waals surface area (Å²) in [6.45, 7) is 4.40. The molecule has 10 nitrogen and oxygen atoms in total. The monoisotopic (exact) mass is 729 g/mol. The second kappa shape index (κ2) is 14.6. The van der Waals surface area contributed by atoms with Crippen molar-refractivity contribution in [2.24, 2.45) is 0 Å². The van der Waals surface area contributed by atoms with Crippen LogP contribution in [0.15, 0.2) is 90.1 Å². The van der Waals surface area contributed by atoms with Gasteiger partial charge in [0.25, 0.3) is 11.5 Å². The number of fused-ring (bicyclic) bond motifs is 2. The van der Waals surface area contributed by atoms with Gasteiger partial charge in [-0.1, -0.05) is 6.07 Å². The van der Waals surface area contributed by atoms with Gasteiger partial charge in [-0.25, -0.2) is 8.78 Å². The van der Waals surface area contributed by atoms with E-state index < -0.39 is 23.1 Å². The Hall–Kier alpha value is -5.21. The summed E-state index contributed by atoms with van der Waals surface area (Å²) in [5.74, 6) is -1.39. The van der Waals surface area contributed by atoms with Crippen LogP contribution in [0.2, 0.25) is 0 Å². The number of nitrogens with zero attached hydrogens (tertiary/aromatic N) is 4. The number of pyridine rings is 3. The Bertz CT molecular complexity index is 2290. The topological polar surface area (TPSA) is 108 Å². The van der Waals surface area contributed by atoms with Crippen molar-refractivity contribution in [3.05, 3.63) is 124 Å². The maximum atomic E-state index is 15.5. The number of benzene rings is 2. The zero-order chi connectivity index (χ0) is 34.2. The molecule has 2 aliphatic rings. The number of carbonyl (C=O) groups excluding carboxylic acids is 1. The van der Waals surface area contributed by atoms with Crippen molar-refractivity contribution in [1.29, 1.82) is 0 Å². The highest BCUT2D eigenvalue weighted by molar-refractivity contribution is 7.22. The van der Waals surface area contributed by atoms with E-state index in [0.29, 0.717) is 35.5 Å². The van der Waals surface area contributed by atoms with Gasteiger partial charge in [0, 0.05) is 73.7 Å². The van der Waals surface area contributed by atoms with Gasteiger partial charge in [0.15, 0.2) is 11.6 Å². The molecule has 2 aliphatic heterocycles. The molecule has 0 aliphatic carbocycles. The maximum absolute atomic E-state index is 15.5. The number of morpholine rings is 1. The number of halogens is 3. The van der Waals surface area contributed by atoms with Crippen LogP contribution in [0.5, 0.6) is 17.2 Å². The molecule has 6 aromatic rings. The third-order valence-electron chi connectivity index (χ3n) is 8.56. The number of carbonyl (C=O) groups is 1. The van der Waals surface area contributed by atoms with Crippen molar-refractivity contribution in [2.75, 3.05) is 38.2 Å². The van der Waals surface area contributed by atoms with Crippen LogP contribution in [-0.2, 0) is 17.7 Å². The molecule has 14 heteroatoms. The number of nitrogens with one attached hydrogen (secondary N) is 1. The molecule has 6 heterocycles. The molecule has 8 rings (SSSR count). The zero-order valence-corrected chi connectivity index (χ0v) is 28.6. The average Bonchev–Trinajstić information content (AvgIpc) is 3.78. The van der Waals surface area contributed by atoms with Gasteiger partial charge in [-0.2, -0.15) is 0 Å². The number of hydrogen-bond donors (Lipinski definition) is 1. The predicted molar refractivity (Wildman–Crippen MR) is 192 cm³/mol. The van der Waals surface area contributed by atoms with Crippen molar-refractivity contribution < 1.29 is 27.8 Å². The van der Waals surface area contributed by atoms with Crippen LogP contribution in [-0.4, -0.2) is 58.3 Å². The Balaban J connectivity index is 0.00000406. The highest BCUT2D eigenvalue weighted by atomic mass is 35.5.